The SMILES string of the molecule is Cc1c(C(=O)OCC(=O)Nc2cccc(C(F)(F)F)c2)cccc1[N+](=O)[O-]. The fourth-order valence-corrected chi connectivity index (χ4v) is 2.22. The molecule has 2 rings (SSSR count). The first-order chi connectivity index (χ1) is 12.6. The largest absolute Gasteiger partial charge is 0.452 e. The van der Waals surface area contributed by atoms with Crippen molar-refractivity contribution < 1.29 is 32.4 Å². The molecule has 1 amide bonds. The van der Waals surface area contributed by atoms with Gasteiger partial charge in [0.15, 0.2) is 6.61 Å². The Kier molecular flexibility index (Phi) is 5.78. The summed E-state index contributed by atoms with van der Waals surface area (Å²) >= 11 is 0. The monoisotopic (exact) mass is 382 g/mol. The molecular formula is C17H13F3N2O5. The van der Waals surface area contributed by atoms with Crippen molar-refractivity contribution in [3.63, 3.8) is 0 Å². The van der Waals surface area contributed by atoms with Crippen LogP contribution >= 0.6 is 0 Å². The molecule has 10 heteroatoms. The van der Waals surface area contributed by atoms with Crippen molar-refractivity contribution in [3.8, 4) is 0 Å². The van der Waals surface area contributed by atoms with Gasteiger partial charge in [0.25, 0.3) is 11.6 Å². The van der Waals surface area contributed by atoms with Crippen LogP contribution in [-0.2, 0) is 15.7 Å². The fraction of sp³-hybridized carbons (Fsp3) is 0.176. The van der Waals surface area contributed by atoms with E-state index in [4.69, 9.17) is 4.74 Å². The molecule has 1 N–H and O–H groups in total. The van der Waals surface area contributed by atoms with E-state index < -0.39 is 35.1 Å². The number of benzene rings is 2. The quantitative estimate of drug-likeness (QED) is 0.483. The van der Waals surface area contributed by atoms with Gasteiger partial charge in [0.2, 0.25) is 0 Å². The van der Waals surface area contributed by atoms with E-state index in [0.717, 1.165) is 18.2 Å². The average molecular weight is 382 g/mol. The van der Waals surface area contributed by atoms with E-state index >= 15 is 0 Å². The van der Waals surface area contributed by atoms with Crippen molar-refractivity contribution in [3.05, 3.63) is 69.3 Å². The Morgan fingerprint density at radius 2 is 1.85 bits per heavy atom. The summed E-state index contributed by atoms with van der Waals surface area (Å²) in [7, 11) is 0. The third-order valence-corrected chi connectivity index (χ3v) is 3.53. The number of nitro groups is 1. The van der Waals surface area contributed by atoms with Gasteiger partial charge in [-0.2, -0.15) is 13.2 Å². The van der Waals surface area contributed by atoms with Crippen LogP contribution in [0.1, 0.15) is 21.5 Å². The number of nitrogens with zero attached hydrogens (tertiary/aromatic N) is 1. The van der Waals surface area contributed by atoms with Crippen LogP contribution in [0.25, 0.3) is 0 Å². The highest BCUT2D eigenvalue weighted by molar-refractivity contribution is 5.96. The van der Waals surface area contributed by atoms with Crippen LogP contribution in [0.2, 0.25) is 0 Å². The molecule has 7 nitrogen and oxygen atoms in total. The number of esters is 1. The molecule has 2 aromatic rings. The number of halogens is 3. The summed E-state index contributed by atoms with van der Waals surface area (Å²) in [6.45, 7) is 0.592. The van der Waals surface area contributed by atoms with Gasteiger partial charge < -0.3 is 10.1 Å². The number of alkyl halides is 3. The first-order valence-electron chi connectivity index (χ1n) is 7.48. The minimum absolute atomic E-state index is 0.0748. The smallest absolute Gasteiger partial charge is 0.416 e. The highest BCUT2D eigenvalue weighted by Gasteiger charge is 2.30. The lowest BCUT2D eigenvalue weighted by atomic mass is 10.1. The van der Waals surface area contributed by atoms with Crippen LogP contribution in [0.15, 0.2) is 42.5 Å². The number of hydrogen-bond acceptors (Lipinski definition) is 5. The molecule has 0 atom stereocenters. The van der Waals surface area contributed by atoms with Crippen molar-refractivity contribution in [1.82, 2.24) is 0 Å². The maximum atomic E-state index is 12.6. The number of carbonyl (C=O) groups is 2. The molecule has 0 spiro atoms. The number of nitrogens with one attached hydrogen (secondary N) is 1. The third kappa shape index (κ3) is 5.03. The van der Waals surface area contributed by atoms with E-state index in [1.165, 1.54) is 31.2 Å². The number of rotatable bonds is 5. The molecule has 0 unspecified atom stereocenters. The lowest BCUT2D eigenvalue weighted by Gasteiger charge is -2.10. The summed E-state index contributed by atoms with van der Waals surface area (Å²) in [5.74, 6) is -1.82. The number of nitro benzene ring substituents is 1. The lowest BCUT2D eigenvalue weighted by Crippen LogP contribution is -2.21. The van der Waals surface area contributed by atoms with Gasteiger partial charge in [-0.25, -0.2) is 4.79 Å². The zero-order chi connectivity index (χ0) is 20.2. The van der Waals surface area contributed by atoms with Crippen LogP contribution in [0.3, 0.4) is 0 Å². The van der Waals surface area contributed by atoms with Crippen molar-refractivity contribution in [2.75, 3.05) is 11.9 Å². The van der Waals surface area contributed by atoms with Crippen LogP contribution in [0.5, 0.6) is 0 Å². The lowest BCUT2D eigenvalue weighted by molar-refractivity contribution is -0.385. The first-order valence-corrected chi connectivity index (χ1v) is 7.48. The fourth-order valence-electron chi connectivity index (χ4n) is 2.22. The highest BCUT2D eigenvalue weighted by atomic mass is 19.4. The Labute approximate surface area is 150 Å². The van der Waals surface area contributed by atoms with Crippen LogP contribution in [-0.4, -0.2) is 23.4 Å². The Balaban J connectivity index is 2.01. The molecular weight excluding hydrogens is 369 g/mol. The molecule has 0 aliphatic carbocycles. The molecule has 0 aromatic heterocycles. The summed E-state index contributed by atoms with van der Waals surface area (Å²) in [6, 6.07) is 7.77. The van der Waals surface area contributed by atoms with Gasteiger partial charge in [0.05, 0.1) is 16.1 Å². The molecule has 0 saturated carbocycles. The molecule has 0 aliphatic rings. The van der Waals surface area contributed by atoms with Crippen molar-refractivity contribution in [1.29, 1.82) is 0 Å². The van der Waals surface area contributed by atoms with Crippen molar-refractivity contribution in [2.24, 2.45) is 0 Å². The topological polar surface area (TPSA) is 98.5 Å². The van der Waals surface area contributed by atoms with E-state index in [1.807, 2.05) is 0 Å². The van der Waals surface area contributed by atoms with Gasteiger partial charge in [-0.1, -0.05) is 12.1 Å². The van der Waals surface area contributed by atoms with Crippen LogP contribution in [0, 0.1) is 17.0 Å². The second kappa shape index (κ2) is 7.85. The van der Waals surface area contributed by atoms with E-state index in [1.54, 1.807) is 0 Å². The number of hydrogen-bond donors (Lipinski definition) is 1. The van der Waals surface area contributed by atoms with Gasteiger partial charge in [0.1, 0.15) is 0 Å². The minimum atomic E-state index is -4.56. The van der Waals surface area contributed by atoms with E-state index in [-0.39, 0.29) is 22.5 Å². The van der Waals surface area contributed by atoms with E-state index in [9.17, 15) is 32.9 Å². The average Bonchev–Trinajstić information content (AvgIpc) is 2.59. The maximum Gasteiger partial charge on any atom is 0.416 e. The van der Waals surface area contributed by atoms with Crippen LogP contribution < -0.4 is 5.32 Å². The molecule has 0 aliphatic heterocycles. The molecule has 27 heavy (non-hydrogen) atoms. The molecule has 0 radical (unpaired) electrons. The first kappa shape index (κ1) is 19.9. The second-order valence-electron chi connectivity index (χ2n) is 5.41. The zero-order valence-electron chi connectivity index (χ0n) is 13.9. The Hall–Kier alpha value is -3.43. The Bertz CT molecular complexity index is 896. The maximum absolute atomic E-state index is 12.6. The predicted octanol–water partition coefficient (Wildman–Crippen LogP) is 3.72. The summed E-state index contributed by atoms with van der Waals surface area (Å²) in [5.41, 5.74) is -1.35. The number of carbonyl (C=O) groups excluding carboxylic acids is 2. The number of ether oxygens (including phenoxy) is 1. The summed E-state index contributed by atoms with van der Waals surface area (Å²) in [6.07, 6.45) is -4.56. The van der Waals surface area contributed by atoms with E-state index in [2.05, 4.69) is 5.32 Å². The van der Waals surface area contributed by atoms with E-state index in [0.29, 0.717) is 0 Å². The predicted molar refractivity (Wildman–Crippen MR) is 88.2 cm³/mol. The van der Waals surface area contributed by atoms with Gasteiger partial charge in [-0.15, -0.1) is 0 Å². The summed E-state index contributed by atoms with van der Waals surface area (Å²) in [5, 5.41) is 13.1. The molecule has 0 bridgehead atoms. The van der Waals surface area contributed by atoms with Gasteiger partial charge >= 0.3 is 12.1 Å². The molecule has 0 heterocycles. The van der Waals surface area contributed by atoms with Crippen molar-refractivity contribution in [2.45, 2.75) is 13.1 Å². The zero-order valence-corrected chi connectivity index (χ0v) is 13.9. The molecule has 0 fully saturated rings. The van der Waals surface area contributed by atoms with Crippen LogP contribution in [0.4, 0.5) is 24.5 Å². The Morgan fingerprint density at radius 3 is 2.48 bits per heavy atom. The molecule has 0 saturated heterocycles. The number of amides is 1. The van der Waals surface area contributed by atoms with Gasteiger partial charge in [-0.3, -0.25) is 14.9 Å². The normalized spacial score (nSPS) is 11.0. The standard InChI is InChI=1S/C17H13F3N2O5/c1-10-13(6-3-7-14(10)22(25)26)16(24)27-9-15(23)21-12-5-2-4-11(8-12)17(18,19)20/h2-8H,9H2,1H3,(H,21,23). The minimum Gasteiger partial charge on any atom is -0.452 e. The molecule has 2 aromatic carbocycles. The second-order valence-corrected chi connectivity index (χ2v) is 5.41. The Morgan fingerprint density at radius 1 is 1.19 bits per heavy atom. The van der Waals surface area contributed by atoms with Gasteiger partial charge in [0, 0.05) is 17.3 Å². The molecule has 142 valence electrons. The van der Waals surface area contributed by atoms with Gasteiger partial charge in [-0.05, 0) is 31.2 Å². The summed E-state index contributed by atoms with van der Waals surface area (Å²) < 4.78 is 42.7. The summed E-state index contributed by atoms with van der Waals surface area (Å²) in [4.78, 5) is 34.0. The third-order valence-electron chi connectivity index (χ3n) is 3.53. The number of anilines is 1. The highest BCUT2D eigenvalue weighted by Crippen LogP contribution is 2.30. The van der Waals surface area contributed by atoms with Crippen molar-refractivity contribution >= 4 is 23.3 Å².